The van der Waals surface area contributed by atoms with Gasteiger partial charge in [0.2, 0.25) is 0 Å². The van der Waals surface area contributed by atoms with Gasteiger partial charge in [0, 0.05) is 10.0 Å². The van der Waals surface area contributed by atoms with Crippen LogP contribution in [-0.4, -0.2) is 4.98 Å². The van der Waals surface area contributed by atoms with Crippen molar-refractivity contribution >= 4 is 21.7 Å². The van der Waals surface area contributed by atoms with E-state index in [0.29, 0.717) is 15.6 Å². The van der Waals surface area contributed by atoms with Crippen molar-refractivity contribution in [2.45, 2.75) is 0 Å². The number of H-pyrrole nitrogens is 1. The fourth-order valence-electron chi connectivity index (χ4n) is 1.89. The summed E-state index contributed by atoms with van der Waals surface area (Å²) < 4.78 is 0.495. The van der Waals surface area contributed by atoms with E-state index in [9.17, 15) is 10.1 Å². The highest BCUT2D eigenvalue weighted by atomic mass is 79.9. The Kier molecular flexibility index (Phi) is 3.75. The average molecular weight is 340 g/mol. The van der Waals surface area contributed by atoms with E-state index in [4.69, 9.17) is 16.3 Å². The molecule has 3 N–H and O–H groups in total. The van der Waals surface area contributed by atoms with Crippen LogP contribution in [0.5, 0.6) is 0 Å². The summed E-state index contributed by atoms with van der Waals surface area (Å²) in [7, 11) is 0. The number of nitrogens with two attached hydrogens (primary N) is 1. The number of pyridine rings is 1. The molecule has 0 radical (unpaired) electrons. The molecule has 0 saturated carbocycles. The Morgan fingerprint density at radius 3 is 2.29 bits per heavy atom. The third kappa shape index (κ3) is 2.36. The number of benzene rings is 1. The molecule has 1 aromatic carbocycles. The second-order valence-corrected chi connectivity index (χ2v) is 4.88. The van der Waals surface area contributed by atoms with Crippen molar-refractivity contribution in [3.05, 3.63) is 49.7 Å². The number of hydrogen-bond donors (Lipinski definition) is 2. The van der Waals surface area contributed by atoms with E-state index in [-0.39, 0.29) is 22.5 Å². The Labute approximate surface area is 127 Å². The molecule has 2 rings (SSSR count). The molecule has 0 aliphatic rings. The number of aromatic amines is 1. The van der Waals surface area contributed by atoms with Gasteiger partial charge in [-0.1, -0.05) is 6.07 Å². The van der Waals surface area contributed by atoms with E-state index in [0.717, 1.165) is 0 Å². The predicted molar refractivity (Wildman–Crippen MR) is 78.8 cm³/mol. The zero-order valence-electron chi connectivity index (χ0n) is 10.4. The summed E-state index contributed by atoms with van der Waals surface area (Å²) in [6.45, 7) is 0. The van der Waals surface area contributed by atoms with Crippen LogP contribution < -0.4 is 11.3 Å². The smallest absolute Gasteiger partial charge is 0.268 e. The summed E-state index contributed by atoms with van der Waals surface area (Å²) >= 11 is 3.23. The normalized spacial score (nSPS) is 9.43. The van der Waals surface area contributed by atoms with Crippen molar-refractivity contribution in [2.24, 2.45) is 0 Å². The van der Waals surface area contributed by atoms with E-state index in [1.807, 2.05) is 12.1 Å². The molecule has 0 atom stereocenters. The minimum absolute atomic E-state index is 0.0164. The third-order valence-corrected chi connectivity index (χ3v) is 3.50. The third-order valence-electron chi connectivity index (χ3n) is 2.85. The van der Waals surface area contributed by atoms with Gasteiger partial charge in [0.25, 0.3) is 5.56 Å². The summed E-state index contributed by atoms with van der Waals surface area (Å²) in [5.74, 6) is -0.100. The molecule has 1 aromatic heterocycles. The molecule has 0 aliphatic carbocycles. The molecule has 0 spiro atoms. The molecular formula is C14H6BrN5O. The maximum atomic E-state index is 11.8. The maximum Gasteiger partial charge on any atom is 0.268 e. The highest BCUT2D eigenvalue weighted by Crippen LogP contribution is 2.31. The molecule has 0 unspecified atom stereocenters. The topological polar surface area (TPSA) is 130 Å². The lowest BCUT2D eigenvalue weighted by atomic mass is 9.96. The summed E-state index contributed by atoms with van der Waals surface area (Å²) in [6.07, 6.45) is 0. The van der Waals surface area contributed by atoms with Gasteiger partial charge in [-0.05, 0) is 33.6 Å². The maximum absolute atomic E-state index is 11.8. The first-order chi connectivity index (χ1) is 10.0. The largest absolute Gasteiger partial charge is 0.384 e. The molecule has 6 nitrogen and oxygen atoms in total. The highest BCUT2D eigenvalue weighted by Gasteiger charge is 2.18. The average Bonchev–Trinajstić information content (AvgIpc) is 2.46. The minimum atomic E-state index is -0.663. The molecule has 100 valence electrons. The van der Waals surface area contributed by atoms with E-state index in [2.05, 4.69) is 20.9 Å². The minimum Gasteiger partial charge on any atom is -0.384 e. The Balaban J connectivity index is 2.90. The summed E-state index contributed by atoms with van der Waals surface area (Å²) in [5, 5.41) is 27.3. The fourth-order valence-corrected chi connectivity index (χ4v) is 2.36. The van der Waals surface area contributed by atoms with E-state index in [1.54, 1.807) is 18.2 Å². The highest BCUT2D eigenvalue weighted by molar-refractivity contribution is 9.10. The van der Waals surface area contributed by atoms with Crippen molar-refractivity contribution in [3.8, 4) is 29.3 Å². The van der Waals surface area contributed by atoms with Crippen molar-refractivity contribution in [1.29, 1.82) is 15.8 Å². The molecule has 0 amide bonds. The number of anilines is 1. The molecule has 0 saturated heterocycles. The Morgan fingerprint density at radius 2 is 1.76 bits per heavy atom. The van der Waals surface area contributed by atoms with Crippen LogP contribution in [0.2, 0.25) is 0 Å². The van der Waals surface area contributed by atoms with Crippen LogP contribution in [0.3, 0.4) is 0 Å². The predicted octanol–water partition coefficient (Wildman–Crippen LogP) is 2.00. The number of nitrogens with zero attached hydrogens (tertiary/aromatic N) is 3. The number of aromatic nitrogens is 1. The second kappa shape index (κ2) is 5.50. The van der Waals surface area contributed by atoms with Gasteiger partial charge in [-0.2, -0.15) is 15.8 Å². The first-order valence-electron chi connectivity index (χ1n) is 5.59. The molecule has 0 bridgehead atoms. The zero-order valence-corrected chi connectivity index (χ0v) is 12.0. The van der Waals surface area contributed by atoms with Crippen LogP contribution >= 0.6 is 15.9 Å². The van der Waals surface area contributed by atoms with Crippen LogP contribution in [0.25, 0.3) is 11.1 Å². The first kappa shape index (κ1) is 14.3. The molecule has 7 heteroatoms. The Hall–Kier alpha value is -3.08. The van der Waals surface area contributed by atoms with Crippen LogP contribution in [0.4, 0.5) is 5.82 Å². The lowest BCUT2D eigenvalue weighted by Crippen LogP contribution is -2.16. The standard InChI is InChI=1S/C14H6BrN5O/c15-11-3-7(1-2-8(11)4-16)12-9(5-17)13(19)20-14(21)10(12)6-18/h1-3H,(H3,19,20,21). The number of rotatable bonds is 1. The lowest BCUT2D eigenvalue weighted by molar-refractivity contribution is 1.21. The second-order valence-electron chi connectivity index (χ2n) is 4.02. The van der Waals surface area contributed by atoms with Crippen molar-refractivity contribution in [3.63, 3.8) is 0 Å². The monoisotopic (exact) mass is 339 g/mol. The van der Waals surface area contributed by atoms with Crippen LogP contribution in [0, 0.1) is 34.0 Å². The Bertz CT molecular complexity index is 925. The van der Waals surface area contributed by atoms with Gasteiger partial charge in [-0.25, -0.2) is 0 Å². The van der Waals surface area contributed by atoms with E-state index < -0.39 is 5.56 Å². The Morgan fingerprint density at radius 1 is 1.10 bits per heavy atom. The van der Waals surface area contributed by atoms with Crippen LogP contribution in [-0.2, 0) is 0 Å². The van der Waals surface area contributed by atoms with Gasteiger partial charge in [0.15, 0.2) is 0 Å². The molecule has 1 heterocycles. The van der Waals surface area contributed by atoms with Gasteiger partial charge in [0.1, 0.15) is 35.2 Å². The number of halogens is 1. The molecule has 0 fully saturated rings. The summed E-state index contributed by atoms with van der Waals surface area (Å²) in [6, 6.07) is 10.3. The van der Waals surface area contributed by atoms with Crippen LogP contribution in [0.15, 0.2) is 27.5 Å². The first-order valence-corrected chi connectivity index (χ1v) is 6.38. The van der Waals surface area contributed by atoms with E-state index in [1.165, 1.54) is 6.07 Å². The van der Waals surface area contributed by atoms with Gasteiger partial charge in [0.05, 0.1) is 5.56 Å². The molecule has 0 aliphatic heterocycles. The lowest BCUT2D eigenvalue weighted by Gasteiger charge is -2.09. The summed E-state index contributed by atoms with van der Waals surface area (Å²) in [4.78, 5) is 14.1. The molecule has 21 heavy (non-hydrogen) atoms. The number of nitrogen functional groups attached to an aromatic ring is 1. The quantitative estimate of drug-likeness (QED) is 0.820. The fraction of sp³-hybridized carbons (Fsp3) is 0. The van der Waals surface area contributed by atoms with Crippen LogP contribution in [0.1, 0.15) is 16.7 Å². The number of hydrogen-bond acceptors (Lipinski definition) is 5. The van der Waals surface area contributed by atoms with Gasteiger partial charge >= 0.3 is 0 Å². The van der Waals surface area contributed by atoms with Crippen molar-refractivity contribution < 1.29 is 0 Å². The van der Waals surface area contributed by atoms with Gasteiger partial charge < -0.3 is 10.7 Å². The molecular weight excluding hydrogens is 334 g/mol. The number of nitrogens with one attached hydrogen (secondary N) is 1. The summed E-state index contributed by atoms with van der Waals surface area (Å²) in [5.41, 5.74) is 5.80. The molecule has 2 aromatic rings. The van der Waals surface area contributed by atoms with E-state index >= 15 is 0 Å². The van der Waals surface area contributed by atoms with Crippen molar-refractivity contribution in [1.82, 2.24) is 4.98 Å². The van der Waals surface area contributed by atoms with Gasteiger partial charge in [-0.3, -0.25) is 4.79 Å². The van der Waals surface area contributed by atoms with Gasteiger partial charge in [-0.15, -0.1) is 0 Å². The number of nitriles is 3. The zero-order chi connectivity index (χ0) is 15.6. The SMILES string of the molecule is N#Cc1ccc(-c2c(C#N)c(N)[nH]c(=O)c2C#N)cc1Br. The van der Waals surface area contributed by atoms with Crippen molar-refractivity contribution in [2.75, 3.05) is 5.73 Å².